The highest BCUT2D eigenvalue weighted by Gasteiger charge is 2.21. The minimum absolute atomic E-state index is 0.0719. The van der Waals surface area contributed by atoms with Crippen LogP contribution in [0.5, 0.6) is 0 Å². The van der Waals surface area contributed by atoms with Crippen molar-refractivity contribution in [1.82, 2.24) is 9.29 Å². The molecule has 0 atom stereocenters. The van der Waals surface area contributed by atoms with Crippen LogP contribution >= 0.6 is 0 Å². The van der Waals surface area contributed by atoms with Crippen molar-refractivity contribution in [2.24, 2.45) is 0 Å². The van der Waals surface area contributed by atoms with Gasteiger partial charge in [-0.3, -0.25) is 0 Å². The van der Waals surface area contributed by atoms with Crippen molar-refractivity contribution < 1.29 is 18.3 Å². The summed E-state index contributed by atoms with van der Waals surface area (Å²) < 4.78 is 27.7. The Labute approximate surface area is 117 Å². The summed E-state index contributed by atoms with van der Waals surface area (Å²) in [7, 11) is -3.75. The molecule has 0 aromatic carbocycles. The zero-order valence-corrected chi connectivity index (χ0v) is 12.1. The van der Waals surface area contributed by atoms with Gasteiger partial charge in [0.2, 0.25) is 10.0 Å². The largest absolute Gasteiger partial charge is 0.477 e. The van der Waals surface area contributed by atoms with Crippen LogP contribution in [-0.2, 0) is 10.0 Å². The molecule has 0 saturated heterocycles. The number of nitrogens with one attached hydrogen (secondary N) is 1. The number of aromatic nitrogens is 1. The van der Waals surface area contributed by atoms with E-state index in [2.05, 4.69) is 4.72 Å². The van der Waals surface area contributed by atoms with Gasteiger partial charge in [-0.2, -0.15) is 5.26 Å². The molecule has 1 rings (SSSR count). The van der Waals surface area contributed by atoms with Crippen molar-refractivity contribution in [3.05, 3.63) is 18.0 Å². The Morgan fingerprint density at radius 3 is 2.65 bits per heavy atom. The first kappa shape index (κ1) is 16.2. The average molecular weight is 299 g/mol. The molecule has 1 heterocycles. The zero-order chi connectivity index (χ0) is 15.3. The standard InChI is InChI=1S/C12H17N3O4S/c1-9(2)15-8-10(7-11(15)12(16)17)20(18,19)14-6-4-3-5-13/h7-9,14H,3-4,6H2,1-2H3,(H,16,17). The lowest BCUT2D eigenvalue weighted by atomic mass is 10.3. The molecule has 0 spiro atoms. The van der Waals surface area contributed by atoms with Gasteiger partial charge in [0.05, 0.1) is 6.07 Å². The molecule has 0 amide bonds. The molecule has 0 bridgehead atoms. The molecule has 0 radical (unpaired) electrons. The lowest BCUT2D eigenvalue weighted by Gasteiger charge is -2.09. The summed E-state index contributed by atoms with van der Waals surface area (Å²) >= 11 is 0. The molecule has 2 N–H and O–H groups in total. The molecule has 0 unspecified atom stereocenters. The molecule has 1 aromatic heterocycles. The third-order valence-electron chi connectivity index (χ3n) is 2.67. The van der Waals surface area contributed by atoms with Crippen molar-refractivity contribution in [3.8, 4) is 6.07 Å². The Hall–Kier alpha value is -1.85. The van der Waals surface area contributed by atoms with Crippen LogP contribution in [0.4, 0.5) is 0 Å². The van der Waals surface area contributed by atoms with Crippen LogP contribution in [0.25, 0.3) is 0 Å². The number of rotatable bonds is 7. The molecule has 0 aliphatic rings. The topological polar surface area (TPSA) is 112 Å². The van der Waals surface area contributed by atoms with Gasteiger partial charge in [-0.1, -0.05) is 0 Å². The summed E-state index contributed by atoms with van der Waals surface area (Å²) in [4.78, 5) is 11.0. The monoisotopic (exact) mass is 299 g/mol. The van der Waals surface area contributed by atoms with Gasteiger partial charge >= 0.3 is 5.97 Å². The van der Waals surface area contributed by atoms with E-state index in [4.69, 9.17) is 10.4 Å². The molecule has 110 valence electrons. The molecule has 8 heteroatoms. The number of nitrogens with zero attached hydrogens (tertiary/aromatic N) is 2. The van der Waals surface area contributed by atoms with Crippen LogP contribution in [0.2, 0.25) is 0 Å². The van der Waals surface area contributed by atoms with E-state index < -0.39 is 16.0 Å². The van der Waals surface area contributed by atoms with E-state index in [1.54, 1.807) is 13.8 Å². The van der Waals surface area contributed by atoms with Gasteiger partial charge in [0.15, 0.2) is 0 Å². The van der Waals surface area contributed by atoms with Crippen LogP contribution in [0.3, 0.4) is 0 Å². The second kappa shape index (κ2) is 6.54. The van der Waals surface area contributed by atoms with Gasteiger partial charge in [0, 0.05) is 25.2 Å². The highest BCUT2D eigenvalue weighted by Crippen LogP contribution is 2.18. The fraction of sp³-hybridized carbons (Fsp3) is 0.500. The fourth-order valence-electron chi connectivity index (χ4n) is 1.66. The average Bonchev–Trinajstić information content (AvgIpc) is 2.80. The fourth-order valence-corrected chi connectivity index (χ4v) is 2.76. The van der Waals surface area contributed by atoms with Crippen molar-refractivity contribution >= 4 is 16.0 Å². The summed E-state index contributed by atoms with van der Waals surface area (Å²) in [5.74, 6) is -1.18. The summed E-state index contributed by atoms with van der Waals surface area (Å²) in [6.07, 6.45) is 1.98. The van der Waals surface area contributed by atoms with E-state index in [-0.39, 0.29) is 29.6 Å². The van der Waals surface area contributed by atoms with Gasteiger partial charge in [0.25, 0.3) is 0 Å². The Bertz CT molecular complexity index is 626. The van der Waals surface area contributed by atoms with Crippen LogP contribution < -0.4 is 4.72 Å². The third-order valence-corrected chi connectivity index (χ3v) is 4.09. The normalized spacial score (nSPS) is 11.5. The van der Waals surface area contributed by atoms with Gasteiger partial charge < -0.3 is 9.67 Å². The van der Waals surface area contributed by atoms with Crippen LogP contribution in [0.15, 0.2) is 17.2 Å². The molecule has 0 fully saturated rings. The van der Waals surface area contributed by atoms with Gasteiger partial charge in [-0.15, -0.1) is 0 Å². The molecular weight excluding hydrogens is 282 g/mol. The maximum absolute atomic E-state index is 12.0. The molecule has 20 heavy (non-hydrogen) atoms. The molecule has 7 nitrogen and oxygen atoms in total. The number of hydrogen-bond acceptors (Lipinski definition) is 4. The van der Waals surface area contributed by atoms with E-state index in [0.29, 0.717) is 6.42 Å². The number of hydrogen-bond donors (Lipinski definition) is 2. The number of nitriles is 1. The number of carbonyl (C=O) groups is 1. The zero-order valence-electron chi connectivity index (χ0n) is 11.3. The maximum atomic E-state index is 12.0. The number of sulfonamides is 1. The predicted molar refractivity (Wildman–Crippen MR) is 71.8 cm³/mol. The van der Waals surface area contributed by atoms with Crippen molar-refractivity contribution in [1.29, 1.82) is 5.26 Å². The Kier molecular flexibility index (Phi) is 5.30. The van der Waals surface area contributed by atoms with E-state index in [0.717, 1.165) is 6.07 Å². The smallest absolute Gasteiger partial charge is 0.352 e. The van der Waals surface area contributed by atoms with Gasteiger partial charge in [-0.25, -0.2) is 17.9 Å². The lowest BCUT2D eigenvalue weighted by Crippen LogP contribution is -2.24. The number of unbranched alkanes of at least 4 members (excludes halogenated alkanes) is 1. The van der Waals surface area contributed by atoms with E-state index in [1.165, 1.54) is 10.8 Å². The molecule has 0 aliphatic heterocycles. The van der Waals surface area contributed by atoms with Crippen molar-refractivity contribution in [2.45, 2.75) is 37.6 Å². The lowest BCUT2D eigenvalue weighted by molar-refractivity contribution is 0.0683. The number of carboxylic acid groups (broad SMARTS) is 1. The molecule has 1 aromatic rings. The first-order chi connectivity index (χ1) is 9.29. The Morgan fingerprint density at radius 2 is 2.20 bits per heavy atom. The molecule has 0 saturated carbocycles. The van der Waals surface area contributed by atoms with E-state index in [1.807, 2.05) is 6.07 Å². The summed E-state index contributed by atoms with van der Waals surface area (Å²) in [5.41, 5.74) is -0.0719. The Balaban J connectivity index is 2.99. The quantitative estimate of drug-likeness (QED) is 0.738. The first-order valence-electron chi connectivity index (χ1n) is 6.11. The van der Waals surface area contributed by atoms with Crippen LogP contribution in [-0.4, -0.2) is 30.6 Å². The maximum Gasteiger partial charge on any atom is 0.352 e. The number of aromatic carboxylic acids is 1. The van der Waals surface area contributed by atoms with Crippen molar-refractivity contribution in [3.63, 3.8) is 0 Å². The predicted octanol–water partition coefficient (Wildman–Crippen LogP) is 1.35. The SMILES string of the molecule is CC(C)n1cc(S(=O)(=O)NCCCC#N)cc1C(=O)O. The molecule has 0 aliphatic carbocycles. The highest BCUT2D eigenvalue weighted by molar-refractivity contribution is 7.89. The summed E-state index contributed by atoms with van der Waals surface area (Å²) in [5, 5.41) is 17.4. The second-order valence-corrected chi connectivity index (χ2v) is 6.29. The van der Waals surface area contributed by atoms with Gasteiger partial charge in [0.1, 0.15) is 10.6 Å². The summed E-state index contributed by atoms with van der Waals surface area (Å²) in [6, 6.07) is 2.89. The second-order valence-electron chi connectivity index (χ2n) is 4.53. The van der Waals surface area contributed by atoms with Crippen LogP contribution in [0.1, 0.15) is 43.2 Å². The molecular formula is C12H17N3O4S. The van der Waals surface area contributed by atoms with E-state index >= 15 is 0 Å². The van der Waals surface area contributed by atoms with Crippen LogP contribution in [0, 0.1) is 11.3 Å². The van der Waals surface area contributed by atoms with Crippen molar-refractivity contribution in [2.75, 3.05) is 6.54 Å². The van der Waals surface area contributed by atoms with Gasteiger partial charge in [-0.05, 0) is 26.3 Å². The first-order valence-corrected chi connectivity index (χ1v) is 7.59. The third kappa shape index (κ3) is 3.82. The summed E-state index contributed by atoms with van der Waals surface area (Å²) in [6.45, 7) is 3.68. The highest BCUT2D eigenvalue weighted by atomic mass is 32.2. The Morgan fingerprint density at radius 1 is 1.55 bits per heavy atom. The van der Waals surface area contributed by atoms with E-state index in [9.17, 15) is 13.2 Å². The number of carboxylic acids is 1. The minimum Gasteiger partial charge on any atom is -0.477 e. The minimum atomic E-state index is -3.75.